The predicted molar refractivity (Wildman–Crippen MR) is 271 cm³/mol. The molecular weight excluding hydrogens is 927 g/mol. The van der Waals surface area contributed by atoms with Gasteiger partial charge in [-0.3, -0.25) is 19.2 Å². The van der Waals surface area contributed by atoms with Gasteiger partial charge in [0.05, 0.1) is 13.0 Å². The first kappa shape index (κ1) is 59.9. The van der Waals surface area contributed by atoms with Gasteiger partial charge >= 0.3 is 24.2 Å². The minimum absolute atomic E-state index is 0.00500. The normalized spacial score (nSPS) is 15.3. The van der Waals surface area contributed by atoms with Crippen LogP contribution in [0.3, 0.4) is 0 Å². The van der Waals surface area contributed by atoms with Crippen LogP contribution in [0.15, 0.2) is 60.7 Å². The standard InChI is InChI=1S/C53H81N7O12/c1-35(2)31-40(58-44(63)41(33-37-23-17-14-18-24-37)57-42(61)38(32-36-21-15-13-16-22-36)34-55-48(67)71-51(6,7)8)43(62)56-39(25-19-20-28-54-47(66)70-50(3,4)5)45(64)60-29-26-53(27-30-60,46(65)69-12)59-49(68)72-52(9,10)11/h13-18,21-24,35,38-41H,19-20,25-34H2,1-12H3,(H,54,66)(H,55,67)(H,56,62)(H,57,61)(H,58,63)(H,59,68)/t38-,39+,40+,41+/m0/s1. The highest BCUT2D eigenvalue weighted by Gasteiger charge is 2.46. The molecule has 400 valence electrons. The van der Waals surface area contributed by atoms with Crippen molar-refractivity contribution in [2.75, 3.05) is 33.3 Å². The van der Waals surface area contributed by atoms with Crippen LogP contribution >= 0.6 is 0 Å². The predicted octanol–water partition coefficient (Wildman–Crippen LogP) is 5.87. The van der Waals surface area contributed by atoms with Gasteiger partial charge in [-0.05, 0) is 124 Å². The number of rotatable bonds is 22. The third-order valence-corrected chi connectivity index (χ3v) is 11.3. The van der Waals surface area contributed by atoms with Crippen LogP contribution in [-0.4, -0.2) is 127 Å². The number of benzene rings is 2. The molecule has 72 heavy (non-hydrogen) atoms. The van der Waals surface area contributed by atoms with Crippen molar-refractivity contribution < 1.29 is 57.3 Å². The van der Waals surface area contributed by atoms with E-state index < -0.39 is 94.3 Å². The molecule has 0 bridgehead atoms. The smallest absolute Gasteiger partial charge is 0.408 e. The van der Waals surface area contributed by atoms with Crippen LogP contribution < -0.4 is 31.9 Å². The van der Waals surface area contributed by atoms with Crippen molar-refractivity contribution in [2.24, 2.45) is 11.8 Å². The first-order chi connectivity index (χ1) is 33.6. The van der Waals surface area contributed by atoms with E-state index in [1.165, 1.54) is 12.0 Å². The zero-order valence-corrected chi connectivity index (χ0v) is 44.5. The van der Waals surface area contributed by atoms with Gasteiger partial charge in [0, 0.05) is 32.6 Å². The molecule has 1 aliphatic rings. The molecule has 19 nitrogen and oxygen atoms in total. The summed E-state index contributed by atoms with van der Waals surface area (Å²) < 4.78 is 21.3. The number of nitrogens with one attached hydrogen (secondary N) is 6. The van der Waals surface area contributed by atoms with Crippen molar-refractivity contribution in [2.45, 2.75) is 168 Å². The molecule has 0 radical (unpaired) electrons. The number of hydrogen-bond donors (Lipinski definition) is 6. The van der Waals surface area contributed by atoms with Crippen LogP contribution in [0.2, 0.25) is 0 Å². The van der Waals surface area contributed by atoms with Gasteiger partial charge in [0.15, 0.2) is 0 Å². The van der Waals surface area contributed by atoms with E-state index in [2.05, 4.69) is 31.9 Å². The number of ether oxygens (including phenoxy) is 4. The molecule has 0 saturated carbocycles. The summed E-state index contributed by atoms with van der Waals surface area (Å²) in [5, 5.41) is 16.8. The number of methoxy groups -OCH3 is 1. The molecule has 3 rings (SSSR count). The van der Waals surface area contributed by atoms with Crippen molar-refractivity contribution in [3.05, 3.63) is 71.8 Å². The van der Waals surface area contributed by atoms with Gasteiger partial charge < -0.3 is 55.7 Å². The van der Waals surface area contributed by atoms with Crippen LogP contribution in [0.4, 0.5) is 14.4 Å². The number of carbonyl (C=O) groups is 8. The second-order valence-electron chi connectivity index (χ2n) is 21.7. The summed E-state index contributed by atoms with van der Waals surface area (Å²) in [4.78, 5) is 110. The van der Waals surface area contributed by atoms with Crippen LogP contribution in [0.1, 0.15) is 126 Å². The van der Waals surface area contributed by atoms with E-state index in [1.54, 1.807) is 62.3 Å². The maximum atomic E-state index is 14.5. The van der Waals surface area contributed by atoms with Crippen molar-refractivity contribution in [1.29, 1.82) is 0 Å². The van der Waals surface area contributed by atoms with Crippen LogP contribution in [-0.2, 0) is 55.8 Å². The van der Waals surface area contributed by atoms with Gasteiger partial charge in [0.2, 0.25) is 23.6 Å². The van der Waals surface area contributed by atoms with Gasteiger partial charge in [-0.1, -0.05) is 74.5 Å². The Kier molecular flexibility index (Phi) is 22.8. The maximum Gasteiger partial charge on any atom is 0.408 e. The van der Waals surface area contributed by atoms with Gasteiger partial charge in [-0.25, -0.2) is 19.2 Å². The fourth-order valence-electron chi connectivity index (χ4n) is 7.91. The van der Waals surface area contributed by atoms with E-state index in [9.17, 15) is 38.4 Å². The molecule has 0 aliphatic carbocycles. The zero-order chi connectivity index (χ0) is 53.9. The quantitative estimate of drug-likeness (QED) is 0.0461. The SMILES string of the molecule is COC(=O)C1(NC(=O)OC(C)(C)C)CCN(C(=O)[C@@H](CCCCNC(=O)OC(C)(C)C)NC(=O)[C@@H](CC(C)C)NC(=O)[C@@H](Cc2ccccc2)NC(=O)[C@H](CNC(=O)OC(C)(C)C)Cc2ccccc2)CC1. The number of carbonyl (C=O) groups excluding carboxylic acids is 8. The zero-order valence-electron chi connectivity index (χ0n) is 44.5. The number of alkyl carbamates (subject to hydrolysis) is 3. The first-order valence-electron chi connectivity index (χ1n) is 24.9. The molecule has 0 unspecified atom stereocenters. The minimum atomic E-state index is -1.48. The third-order valence-electron chi connectivity index (χ3n) is 11.3. The number of hydrogen-bond acceptors (Lipinski definition) is 12. The molecule has 1 aliphatic heterocycles. The fourth-order valence-corrected chi connectivity index (χ4v) is 7.91. The van der Waals surface area contributed by atoms with Crippen LogP contribution in [0.25, 0.3) is 0 Å². The van der Waals surface area contributed by atoms with Crippen LogP contribution in [0, 0.1) is 11.8 Å². The first-order valence-corrected chi connectivity index (χ1v) is 24.9. The Hall–Kier alpha value is -6.40. The van der Waals surface area contributed by atoms with E-state index in [-0.39, 0.29) is 70.6 Å². The largest absolute Gasteiger partial charge is 0.467 e. The molecule has 6 N–H and O–H groups in total. The Bertz CT molecular complexity index is 2110. The molecule has 0 spiro atoms. The maximum absolute atomic E-state index is 14.5. The van der Waals surface area contributed by atoms with Crippen molar-refractivity contribution in [1.82, 2.24) is 36.8 Å². The van der Waals surface area contributed by atoms with Crippen molar-refractivity contribution >= 4 is 47.9 Å². The third kappa shape index (κ3) is 21.9. The molecule has 7 amide bonds. The van der Waals surface area contributed by atoms with Gasteiger partial charge in [0.25, 0.3) is 0 Å². The highest BCUT2D eigenvalue weighted by Crippen LogP contribution is 2.26. The Morgan fingerprint density at radius 2 is 1.07 bits per heavy atom. The lowest BCUT2D eigenvalue weighted by atomic mass is 9.87. The molecule has 4 atom stereocenters. The van der Waals surface area contributed by atoms with Crippen molar-refractivity contribution in [3.8, 4) is 0 Å². The summed E-state index contributed by atoms with van der Waals surface area (Å²) in [5.41, 5.74) is -2.23. The van der Waals surface area contributed by atoms with Gasteiger partial charge in [-0.2, -0.15) is 0 Å². The van der Waals surface area contributed by atoms with E-state index in [1.807, 2.05) is 74.5 Å². The summed E-state index contributed by atoms with van der Waals surface area (Å²) in [6.07, 6.45) is -0.705. The van der Waals surface area contributed by atoms with Gasteiger partial charge in [-0.15, -0.1) is 0 Å². The van der Waals surface area contributed by atoms with E-state index in [0.717, 1.165) is 11.1 Å². The Labute approximate surface area is 425 Å². The number of likely N-dealkylation sites (tertiary alicyclic amines) is 1. The molecule has 1 saturated heterocycles. The lowest BCUT2D eigenvalue weighted by Crippen LogP contribution is -2.63. The van der Waals surface area contributed by atoms with Gasteiger partial charge in [0.1, 0.15) is 40.5 Å². The molecular formula is C53H81N7O12. The summed E-state index contributed by atoms with van der Waals surface area (Å²) in [7, 11) is 1.21. The van der Waals surface area contributed by atoms with Crippen LogP contribution in [0.5, 0.6) is 0 Å². The van der Waals surface area contributed by atoms with E-state index >= 15 is 0 Å². The molecule has 1 fully saturated rings. The molecule has 1 heterocycles. The molecule has 0 aromatic heterocycles. The minimum Gasteiger partial charge on any atom is -0.467 e. The average molecular weight is 1010 g/mol. The highest BCUT2D eigenvalue weighted by atomic mass is 16.6. The number of piperidine rings is 1. The van der Waals surface area contributed by atoms with E-state index in [4.69, 9.17) is 18.9 Å². The molecule has 2 aromatic carbocycles. The number of nitrogens with zero attached hydrogens (tertiary/aromatic N) is 1. The molecule has 2 aromatic rings. The Morgan fingerprint density at radius 1 is 0.597 bits per heavy atom. The number of amides is 7. The number of unbranched alkanes of at least 4 members (excludes halogenated alkanes) is 1. The molecule has 19 heteroatoms. The number of esters is 1. The monoisotopic (exact) mass is 1010 g/mol. The summed E-state index contributed by atoms with van der Waals surface area (Å²) in [6.45, 7) is 19.5. The summed E-state index contributed by atoms with van der Waals surface area (Å²) in [5.74, 6) is -3.88. The summed E-state index contributed by atoms with van der Waals surface area (Å²) >= 11 is 0. The Balaban J connectivity index is 1.91. The average Bonchev–Trinajstić information content (AvgIpc) is 3.27. The Morgan fingerprint density at radius 3 is 1.58 bits per heavy atom. The second-order valence-corrected chi connectivity index (χ2v) is 21.7. The topological polar surface area (TPSA) is 249 Å². The van der Waals surface area contributed by atoms with E-state index in [0.29, 0.717) is 12.8 Å². The highest BCUT2D eigenvalue weighted by molar-refractivity contribution is 5.95. The lowest BCUT2D eigenvalue weighted by Gasteiger charge is -2.41. The second kappa shape index (κ2) is 27.4. The fraction of sp³-hybridized carbons (Fsp3) is 0.623. The summed E-state index contributed by atoms with van der Waals surface area (Å²) in [6, 6.07) is 14.9. The lowest BCUT2D eigenvalue weighted by molar-refractivity contribution is -0.153. The van der Waals surface area contributed by atoms with Crippen molar-refractivity contribution in [3.63, 3.8) is 0 Å².